The molecule has 0 saturated heterocycles. The van der Waals surface area contributed by atoms with Crippen LogP contribution in [0.2, 0.25) is 0 Å². The van der Waals surface area contributed by atoms with Crippen molar-refractivity contribution in [3.05, 3.63) is 30.6 Å². The van der Waals surface area contributed by atoms with Crippen molar-refractivity contribution in [2.24, 2.45) is 5.92 Å². The summed E-state index contributed by atoms with van der Waals surface area (Å²) in [6, 6.07) is 7.03. The molecule has 0 bridgehead atoms. The Balaban J connectivity index is 1.31. The number of aromatic nitrogens is 3. The first-order valence-electron chi connectivity index (χ1n) is 10.8. The zero-order valence-corrected chi connectivity index (χ0v) is 17.2. The number of hydrogen-bond donors (Lipinski definition) is 3. The van der Waals surface area contributed by atoms with E-state index in [9.17, 15) is 0 Å². The van der Waals surface area contributed by atoms with Gasteiger partial charge in [-0.05, 0) is 62.6 Å². The molecule has 2 heterocycles. The second-order valence-corrected chi connectivity index (χ2v) is 8.16. The van der Waals surface area contributed by atoms with E-state index in [1.807, 2.05) is 24.5 Å². The molecule has 156 valence electrons. The SMILES string of the molecule is COCCNC1CCC(Nc2nccc(-c3cc(NCC4CC4)ccn3)n2)CC1. The first kappa shape index (κ1) is 20.0. The summed E-state index contributed by atoms with van der Waals surface area (Å²) in [4.78, 5) is 13.7. The van der Waals surface area contributed by atoms with Gasteiger partial charge < -0.3 is 20.7 Å². The van der Waals surface area contributed by atoms with Gasteiger partial charge in [0.1, 0.15) is 0 Å². The highest BCUT2D eigenvalue weighted by Gasteiger charge is 2.22. The number of nitrogens with one attached hydrogen (secondary N) is 3. The molecule has 3 N–H and O–H groups in total. The van der Waals surface area contributed by atoms with Gasteiger partial charge in [-0.1, -0.05) is 0 Å². The predicted molar refractivity (Wildman–Crippen MR) is 116 cm³/mol. The zero-order valence-electron chi connectivity index (χ0n) is 17.2. The highest BCUT2D eigenvalue weighted by molar-refractivity contribution is 5.61. The Morgan fingerprint density at radius 1 is 0.966 bits per heavy atom. The summed E-state index contributed by atoms with van der Waals surface area (Å²) in [5, 5.41) is 10.6. The van der Waals surface area contributed by atoms with Gasteiger partial charge in [0.25, 0.3) is 0 Å². The second-order valence-electron chi connectivity index (χ2n) is 8.16. The van der Waals surface area contributed by atoms with E-state index >= 15 is 0 Å². The molecular weight excluding hydrogens is 364 g/mol. The highest BCUT2D eigenvalue weighted by atomic mass is 16.5. The summed E-state index contributed by atoms with van der Waals surface area (Å²) in [7, 11) is 1.74. The third-order valence-electron chi connectivity index (χ3n) is 5.77. The van der Waals surface area contributed by atoms with Crippen LogP contribution < -0.4 is 16.0 Å². The Bertz CT molecular complexity index is 773. The molecule has 0 aromatic carbocycles. The van der Waals surface area contributed by atoms with Crippen molar-refractivity contribution < 1.29 is 4.74 Å². The summed E-state index contributed by atoms with van der Waals surface area (Å²) < 4.78 is 5.11. The summed E-state index contributed by atoms with van der Waals surface area (Å²) in [6.07, 6.45) is 10.9. The average molecular weight is 397 g/mol. The van der Waals surface area contributed by atoms with E-state index < -0.39 is 0 Å². The predicted octanol–water partition coefficient (Wildman–Crippen LogP) is 3.32. The molecule has 29 heavy (non-hydrogen) atoms. The van der Waals surface area contributed by atoms with E-state index in [1.165, 1.54) is 12.8 Å². The molecule has 0 spiro atoms. The molecule has 2 aromatic rings. The van der Waals surface area contributed by atoms with E-state index in [2.05, 4.69) is 32.0 Å². The van der Waals surface area contributed by atoms with Gasteiger partial charge in [0.05, 0.1) is 18.0 Å². The van der Waals surface area contributed by atoms with Gasteiger partial charge in [0.15, 0.2) is 0 Å². The lowest BCUT2D eigenvalue weighted by molar-refractivity contribution is 0.191. The van der Waals surface area contributed by atoms with Crippen LogP contribution in [0.4, 0.5) is 11.6 Å². The molecule has 2 fully saturated rings. The van der Waals surface area contributed by atoms with E-state index in [4.69, 9.17) is 9.72 Å². The van der Waals surface area contributed by atoms with Crippen molar-refractivity contribution in [1.29, 1.82) is 0 Å². The van der Waals surface area contributed by atoms with Crippen molar-refractivity contribution in [1.82, 2.24) is 20.3 Å². The standard InChI is InChI=1S/C22H32N6O/c1-29-13-12-23-17-4-6-18(7-5-17)27-22-25-11-9-20(28-22)21-14-19(8-10-24-21)26-15-16-2-3-16/h8-11,14,16-18,23H,2-7,12-13,15H2,1H3,(H,24,26)(H,25,27,28). The van der Waals surface area contributed by atoms with Crippen LogP contribution in [0.3, 0.4) is 0 Å². The number of anilines is 2. The first-order chi connectivity index (χ1) is 14.3. The Labute approximate surface area is 173 Å². The van der Waals surface area contributed by atoms with Crippen LogP contribution in [0.5, 0.6) is 0 Å². The van der Waals surface area contributed by atoms with E-state index in [0.717, 1.165) is 68.4 Å². The van der Waals surface area contributed by atoms with Gasteiger partial charge in [-0.2, -0.15) is 0 Å². The number of nitrogens with zero attached hydrogens (tertiary/aromatic N) is 3. The summed E-state index contributed by atoms with van der Waals surface area (Å²) in [5.74, 6) is 1.53. The molecule has 0 atom stereocenters. The van der Waals surface area contributed by atoms with Gasteiger partial charge in [-0.25, -0.2) is 9.97 Å². The average Bonchev–Trinajstić information content (AvgIpc) is 3.59. The Morgan fingerprint density at radius 2 is 1.76 bits per heavy atom. The van der Waals surface area contributed by atoms with E-state index in [-0.39, 0.29) is 0 Å². The molecular formula is C22H32N6O. The molecule has 2 aliphatic rings. The summed E-state index contributed by atoms with van der Waals surface area (Å²) in [5.41, 5.74) is 2.84. The topological polar surface area (TPSA) is 84.0 Å². The monoisotopic (exact) mass is 396 g/mol. The molecule has 2 aromatic heterocycles. The maximum atomic E-state index is 5.11. The van der Waals surface area contributed by atoms with Gasteiger partial charge in [0.2, 0.25) is 5.95 Å². The molecule has 0 aliphatic heterocycles. The second kappa shape index (κ2) is 9.98. The number of methoxy groups -OCH3 is 1. The number of rotatable bonds is 10. The lowest BCUT2D eigenvalue weighted by Gasteiger charge is -2.29. The van der Waals surface area contributed by atoms with Crippen LogP contribution in [0, 0.1) is 5.92 Å². The van der Waals surface area contributed by atoms with Crippen molar-refractivity contribution in [2.45, 2.75) is 50.6 Å². The third-order valence-corrected chi connectivity index (χ3v) is 5.77. The molecule has 0 radical (unpaired) electrons. The van der Waals surface area contributed by atoms with Crippen LogP contribution in [-0.4, -0.2) is 53.8 Å². The van der Waals surface area contributed by atoms with Crippen LogP contribution in [0.1, 0.15) is 38.5 Å². The molecule has 2 saturated carbocycles. The zero-order chi connectivity index (χ0) is 19.9. The van der Waals surface area contributed by atoms with E-state index in [1.54, 1.807) is 7.11 Å². The minimum Gasteiger partial charge on any atom is -0.385 e. The summed E-state index contributed by atoms with van der Waals surface area (Å²) >= 11 is 0. The van der Waals surface area contributed by atoms with Crippen molar-refractivity contribution in [2.75, 3.05) is 37.4 Å². The van der Waals surface area contributed by atoms with Gasteiger partial charge in [-0.3, -0.25) is 4.98 Å². The molecule has 0 amide bonds. The molecule has 2 aliphatic carbocycles. The van der Waals surface area contributed by atoms with Crippen LogP contribution in [-0.2, 0) is 4.74 Å². The van der Waals surface area contributed by atoms with Crippen molar-refractivity contribution >= 4 is 11.6 Å². The Kier molecular flexibility index (Phi) is 6.90. The third kappa shape index (κ3) is 6.11. The summed E-state index contributed by atoms with van der Waals surface area (Å²) in [6.45, 7) is 2.74. The van der Waals surface area contributed by atoms with Crippen LogP contribution in [0.15, 0.2) is 30.6 Å². The maximum absolute atomic E-state index is 5.11. The van der Waals surface area contributed by atoms with Crippen molar-refractivity contribution in [3.8, 4) is 11.4 Å². The van der Waals surface area contributed by atoms with Crippen molar-refractivity contribution in [3.63, 3.8) is 0 Å². The lowest BCUT2D eigenvalue weighted by Crippen LogP contribution is -2.38. The minimum absolute atomic E-state index is 0.422. The Hall–Kier alpha value is -2.25. The quantitative estimate of drug-likeness (QED) is 0.531. The van der Waals surface area contributed by atoms with Gasteiger partial charge >= 0.3 is 0 Å². The van der Waals surface area contributed by atoms with Gasteiger partial charge in [-0.15, -0.1) is 0 Å². The molecule has 0 unspecified atom stereocenters. The smallest absolute Gasteiger partial charge is 0.223 e. The fraction of sp³-hybridized carbons (Fsp3) is 0.591. The number of hydrogen-bond acceptors (Lipinski definition) is 7. The minimum atomic E-state index is 0.422. The Morgan fingerprint density at radius 3 is 2.55 bits per heavy atom. The fourth-order valence-electron chi connectivity index (χ4n) is 3.83. The van der Waals surface area contributed by atoms with Crippen LogP contribution >= 0.6 is 0 Å². The number of ether oxygens (including phenoxy) is 1. The lowest BCUT2D eigenvalue weighted by atomic mass is 9.91. The largest absolute Gasteiger partial charge is 0.385 e. The number of pyridine rings is 1. The van der Waals surface area contributed by atoms with E-state index in [0.29, 0.717) is 18.0 Å². The fourth-order valence-corrected chi connectivity index (χ4v) is 3.83. The first-order valence-corrected chi connectivity index (χ1v) is 10.8. The van der Waals surface area contributed by atoms with Crippen LogP contribution in [0.25, 0.3) is 11.4 Å². The molecule has 7 heteroatoms. The molecule has 4 rings (SSSR count). The molecule has 7 nitrogen and oxygen atoms in total. The maximum Gasteiger partial charge on any atom is 0.223 e. The van der Waals surface area contributed by atoms with Gasteiger partial charge in [0, 0.05) is 50.4 Å². The normalized spacial score (nSPS) is 21.7. The highest BCUT2D eigenvalue weighted by Crippen LogP contribution is 2.29.